The monoisotopic (exact) mass is 226 g/mol. The molecule has 2 rings (SSSR count). The number of aliphatic carboxylic acids is 1. The first kappa shape index (κ1) is 12.6. The number of para-hydroxylation sites is 1. The molecular formula is C10H7KN2O2. The van der Waals surface area contributed by atoms with Crippen molar-refractivity contribution in [1.29, 1.82) is 0 Å². The van der Waals surface area contributed by atoms with Gasteiger partial charge < -0.3 is 9.90 Å². The van der Waals surface area contributed by atoms with Gasteiger partial charge in [-0.05, 0) is 17.7 Å². The fraction of sp³-hybridized carbons (Fsp3) is 0. The molecule has 1 N–H and O–H groups in total. The second-order valence-corrected chi connectivity index (χ2v) is 2.82. The molecule has 4 nitrogen and oxygen atoms in total. The Hall–Kier alpha value is -0.464. The third kappa shape index (κ3) is 2.99. The van der Waals surface area contributed by atoms with E-state index in [1.165, 1.54) is 6.08 Å². The Morgan fingerprint density at radius 2 is 2.00 bits per heavy atom. The Labute approximate surface area is 129 Å². The summed E-state index contributed by atoms with van der Waals surface area (Å²) in [5, 5.41) is 14.2. The van der Waals surface area contributed by atoms with Crippen LogP contribution in [0.2, 0.25) is 0 Å². The van der Waals surface area contributed by atoms with E-state index < -0.39 is 5.97 Å². The van der Waals surface area contributed by atoms with E-state index in [9.17, 15) is 9.90 Å². The third-order valence-electron chi connectivity index (χ3n) is 1.89. The molecule has 0 atom stereocenters. The van der Waals surface area contributed by atoms with Gasteiger partial charge in [0.2, 0.25) is 0 Å². The minimum absolute atomic E-state index is 0. The van der Waals surface area contributed by atoms with Crippen LogP contribution in [0.4, 0.5) is 5.69 Å². The molecule has 1 aromatic carbocycles. The molecule has 0 unspecified atom stereocenters. The Morgan fingerprint density at radius 1 is 1.27 bits per heavy atom. The smallest absolute Gasteiger partial charge is 0.543 e. The molecular weight excluding hydrogens is 219 g/mol. The van der Waals surface area contributed by atoms with E-state index in [0.717, 1.165) is 11.3 Å². The number of carbonyl (C=O) groups excluding carboxylic acids is 1. The van der Waals surface area contributed by atoms with Crippen molar-refractivity contribution >= 4 is 23.4 Å². The number of fused-ring (bicyclic) bond motifs is 1. The van der Waals surface area contributed by atoms with Gasteiger partial charge in [0.05, 0.1) is 11.7 Å². The van der Waals surface area contributed by atoms with Gasteiger partial charge in [-0.25, -0.2) is 0 Å². The van der Waals surface area contributed by atoms with Crippen LogP contribution in [0.3, 0.4) is 0 Å². The molecule has 0 amide bonds. The van der Waals surface area contributed by atoms with Gasteiger partial charge in [-0.1, -0.05) is 24.3 Å². The molecule has 5 heteroatoms. The summed E-state index contributed by atoms with van der Waals surface area (Å²) in [7, 11) is 0. The van der Waals surface area contributed by atoms with Crippen LogP contribution in [-0.4, -0.2) is 11.7 Å². The first-order valence-corrected chi connectivity index (χ1v) is 4.09. The van der Waals surface area contributed by atoms with Gasteiger partial charge in [0.25, 0.3) is 0 Å². The Kier molecular flexibility index (Phi) is 4.68. The Balaban J connectivity index is 0.00000112. The second kappa shape index (κ2) is 5.57. The van der Waals surface area contributed by atoms with Crippen LogP contribution in [0.25, 0.3) is 6.08 Å². The summed E-state index contributed by atoms with van der Waals surface area (Å²) in [5.41, 5.74) is 4.22. The fourth-order valence-electron chi connectivity index (χ4n) is 1.18. The second-order valence-electron chi connectivity index (χ2n) is 2.82. The number of nitrogens with zero attached hydrogens (tertiary/aromatic N) is 1. The van der Waals surface area contributed by atoms with Crippen LogP contribution in [0.1, 0.15) is 5.56 Å². The van der Waals surface area contributed by atoms with Crippen molar-refractivity contribution in [3.63, 3.8) is 0 Å². The Morgan fingerprint density at radius 3 is 2.73 bits per heavy atom. The SMILES string of the molecule is O=C([O-])C1=NNc2ccccc2C=C1.[K+]. The number of carbonyl (C=O) groups is 1. The summed E-state index contributed by atoms with van der Waals surface area (Å²) in [6.07, 6.45) is 3.10. The number of rotatable bonds is 1. The summed E-state index contributed by atoms with van der Waals surface area (Å²) >= 11 is 0. The molecule has 15 heavy (non-hydrogen) atoms. The number of carboxylic acids is 1. The minimum atomic E-state index is -1.29. The Bertz CT molecular complexity index is 441. The van der Waals surface area contributed by atoms with Crippen LogP contribution in [-0.2, 0) is 4.79 Å². The summed E-state index contributed by atoms with van der Waals surface area (Å²) in [6.45, 7) is 0. The normalized spacial score (nSPS) is 12.7. The van der Waals surface area contributed by atoms with Gasteiger partial charge in [0.15, 0.2) is 0 Å². The first-order valence-electron chi connectivity index (χ1n) is 4.09. The molecule has 0 fully saturated rings. The van der Waals surface area contributed by atoms with Crippen LogP contribution in [0.15, 0.2) is 35.4 Å². The summed E-state index contributed by atoms with van der Waals surface area (Å²) in [4.78, 5) is 10.5. The van der Waals surface area contributed by atoms with Gasteiger partial charge in [0.1, 0.15) is 5.71 Å². The third-order valence-corrected chi connectivity index (χ3v) is 1.89. The maximum Gasteiger partial charge on any atom is 1.00 e. The van der Waals surface area contributed by atoms with Crippen LogP contribution < -0.4 is 61.9 Å². The van der Waals surface area contributed by atoms with E-state index in [-0.39, 0.29) is 57.1 Å². The molecule has 0 saturated heterocycles. The molecule has 70 valence electrons. The van der Waals surface area contributed by atoms with Gasteiger partial charge in [0, 0.05) is 0 Å². The molecule has 0 spiro atoms. The standard InChI is InChI=1S/C10H8N2O2.K/c13-10(14)9-6-5-7-3-1-2-4-8(7)11-12-9;/h1-6,11H,(H,13,14);/q;+1/p-1. The van der Waals surface area contributed by atoms with Crippen LogP contribution in [0, 0.1) is 0 Å². The number of nitrogens with one attached hydrogen (secondary N) is 1. The van der Waals surface area contributed by atoms with Crippen LogP contribution >= 0.6 is 0 Å². The molecule has 0 aromatic heterocycles. The zero-order valence-electron chi connectivity index (χ0n) is 8.23. The largest absolute Gasteiger partial charge is 1.00 e. The molecule has 1 aliphatic heterocycles. The molecule has 0 bridgehead atoms. The van der Waals surface area contributed by atoms with E-state index in [2.05, 4.69) is 10.5 Å². The molecule has 0 radical (unpaired) electrons. The van der Waals surface area contributed by atoms with E-state index in [1.807, 2.05) is 24.3 Å². The summed E-state index contributed by atoms with van der Waals surface area (Å²) in [5.74, 6) is -1.29. The van der Waals surface area contributed by atoms with E-state index in [0.29, 0.717) is 0 Å². The zero-order chi connectivity index (χ0) is 9.97. The van der Waals surface area contributed by atoms with E-state index in [4.69, 9.17) is 0 Å². The predicted octanol–water partition coefficient (Wildman–Crippen LogP) is -2.76. The topological polar surface area (TPSA) is 64.5 Å². The molecule has 0 aliphatic carbocycles. The maximum absolute atomic E-state index is 10.5. The minimum Gasteiger partial charge on any atom is -0.543 e. The number of carboxylic acid groups (broad SMARTS) is 1. The number of benzene rings is 1. The average molecular weight is 226 g/mol. The van der Waals surface area contributed by atoms with Crippen molar-refractivity contribution in [3.05, 3.63) is 35.9 Å². The average Bonchev–Trinajstić information content (AvgIpc) is 2.39. The van der Waals surface area contributed by atoms with Gasteiger partial charge in [-0.15, -0.1) is 0 Å². The van der Waals surface area contributed by atoms with Gasteiger partial charge in [-0.3, -0.25) is 5.43 Å². The van der Waals surface area contributed by atoms with Crippen molar-refractivity contribution in [2.45, 2.75) is 0 Å². The molecule has 0 saturated carbocycles. The number of hydrogen-bond acceptors (Lipinski definition) is 4. The quantitative estimate of drug-likeness (QED) is 0.527. The molecule has 1 aromatic rings. The molecule has 1 heterocycles. The zero-order valence-corrected chi connectivity index (χ0v) is 11.4. The molecule has 1 aliphatic rings. The van der Waals surface area contributed by atoms with Crippen molar-refractivity contribution in [3.8, 4) is 0 Å². The van der Waals surface area contributed by atoms with E-state index in [1.54, 1.807) is 6.08 Å². The number of anilines is 1. The number of hydrazone groups is 1. The van der Waals surface area contributed by atoms with Crippen molar-refractivity contribution in [1.82, 2.24) is 0 Å². The predicted molar refractivity (Wildman–Crippen MR) is 51.5 cm³/mol. The maximum atomic E-state index is 10.5. The summed E-state index contributed by atoms with van der Waals surface area (Å²) in [6, 6.07) is 7.40. The van der Waals surface area contributed by atoms with Gasteiger partial charge >= 0.3 is 51.4 Å². The fourth-order valence-corrected chi connectivity index (χ4v) is 1.18. The van der Waals surface area contributed by atoms with Crippen LogP contribution in [0.5, 0.6) is 0 Å². The first-order chi connectivity index (χ1) is 6.77. The van der Waals surface area contributed by atoms with Crippen molar-refractivity contribution in [2.24, 2.45) is 5.10 Å². The van der Waals surface area contributed by atoms with Crippen molar-refractivity contribution < 1.29 is 61.3 Å². The van der Waals surface area contributed by atoms with Gasteiger partial charge in [-0.2, -0.15) is 5.10 Å². The number of hydrogen-bond donors (Lipinski definition) is 1. The van der Waals surface area contributed by atoms with Crippen molar-refractivity contribution in [2.75, 3.05) is 5.43 Å². The summed E-state index contributed by atoms with van der Waals surface area (Å²) < 4.78 is 0. The van der Waals surface area contributed by atoms with E-state index >= 15 is 0 Å².